The summed E-state index contributed by atoms with van der Waals surface area (Å²) in [6, 6.07) is 4.65. The number of halogens is 1. The minimum atomic E-state index is -1.44. The molecule has 7 heteroatoms. The van der Waals surface area contributed by atoms with Crippen LogP contribution in [0, 0.1) is 5.82 Å². The van der Waals surface area contributed by atoms with Crippen LogP contribution in [0.5, 0.6) is 0 Å². The van der Waals surface area contributed by atoms with Crippen molar-refractivity contribution in [3.05, 3.63) is 35.6 Å². The maximum atomic E-state index is 13.4. The molecule has 1 aromatic rings. The maximum absolute atomic E-state index is 13.4. The average molecular weight is 238 g/mol. The van der Waals surface area contributed by atoms with E-state index in [9.17, 15) is 14.3 Å². The van der Waals surface area contributed by atoms with Crippen molar-refractivity contribution < 1.29 is 19.2 Å². The number of nitrogens with two attached hydrogens (primary N) is 1. The molecular weight excluding hydrogens is 229 g/mol. The van der Waals surface area contributed by atoms with E-state index in [1.165, 1.54) is 18.2 Å². The van der Waals surface area contributed by atoms with Gasteiger partial charge in [-0.1, -0.05) is 23.3 Å². The van der Waals surface area contributed by atoms with Crippen LogP contribution in [-0.2, 0) is 16.3 Å². The number of nitrogens with zero attached hydrogens (tertiary/aromatic N) is 2. The topological polar surface area (TPSA) is 91.0 Å². The monoisotopic (exact) mass is 238 g/mol. The SMILES string of the molecule is NC1=NON(Cc2ccccc2F)C1C(=O)[O-]. The molecule has 1 atom stereocenters. The summed E-state index contributed by atoms with van der Waals surface area (Å²) in [7, 11) is 0. The minimum Gasteiger partial charge on any atom is -0.548 e. The number of amidine groups is 1. The lowest BCUT2D eigenvalue weighted by Gasteiger charge is -2.21. The number of carbonyl (C=O) groups is 1. The zero-order chi connectivity index (χ0) is 12.4. The Kier molecular flexibility index (Phi) is 2.92. The van der Waals surface area contributed by atoms with Crippen molar-refractivity contribution in [3.63, 3.8) is 0 Å². The van der Waals surface area contributed by atoms with Gasteiger partial charge in [0, 0.05) is 5.56 Å². The van der Waals surface area contributed by atoms with Gasteiger partial charge < -0.3 is 15.6 Å². The summed E-state index contributed by atoms with van der Waals surface area (Å²) in [4.78, 5) is 15.5. The highest BCUT2D eigenvalue weighted by Crippen LogP contribution is 2.16. The summed E-state index contributed by atoms with van der Waals surface area (Å²) >= 11 is 0. The number of hydroxylamine groups is 2. The molecule has 1 aromatic carbocycles. The van der Waals surface area contributed by atoms with Crippen LogP contribution in [0.25, 0.3) is 0 Å². The lowest BCUT2D eigenvalue weighted by molar-refractivity contribution is -0.316. The van der Waals surface area contributed by atoms with Crippen LogP contribution >= 0.6 is 0 Å². The summed E-state index contributed by atoms with van der Waals surface area (Å²) in [5.41, 5.74) is 5.61. The zero-order valence-corrected chi connectivity index (χ0v) is 8.67. The van der Waals surface area contributed by atoms with Gasteiger partial charge in [-0.05, 0) is 11.2 Å². The predicted molar refractivity (Wildman–Crippen MR) is 53.4 cm³/mol. The lowest BCUT2D eigenvalue weighted by Crippen LogP contribution is -2.50. The number of hydrogen-bond donors (Lipinski definition) is 1. The third kappa shape index (κ3) is 2.18. The molecule has 1 aliphatic heterocycles. The van der Waals surface area contributed by atoms with Gasteiger partial charge in [0.25, 0.3) is 0 Å². The Labute approximate surface area is 96.0 Å². The molecular formula is C10H9FN3O3-. The second-order valence-electron chi connectivity index (χ2n) is 3.49. The molecule has 6 nitrogen and oxygen atoms in total. The second kappa shape index (κ2) is 4.38. The fourth-order valence-corrected chi connectivity index (χ4v) is 1.50. The molecule has 0 amide bonds. The van der Waals surface area contributed by atoms with E-state index in [-0.39, 0.29) is 17.9 Å². The summed E-state index contributed by atoms with van der Waals surface area (Å²) in [5, 5.41) is 15.1. The van der Waals surface area contributed by atoms with Gasteiger partial charge in [-0.15, -0.1) is 0 Å². The molecule has 2 N–H and O–H groups in total. The predicted octanol–water partition coefficient (Wildman–Crippen LogP) is -1.04. The number of aliphatic carboxylic acids is 1. The number of carboxylic acid groups (broad SMARTS) is 1. The van der Waals surface area contributed by atoms with Crippen LogP contribution in [0.4, 0.5) is 4.39 Å². The zero-order valence-electron chi connectivity index (χ0n) is 8.67. The fraction of sp³-hybridized carbons (Fsp3) is 0.200. The van der Waals surface area contributed by atoms with Crippen molar-refractivity contribution >= 4 is 11.8 Å². The van der Waals surface area contributed by atoms with E-state index >= 15 is 0 Å². The van der Waals surface area contributed by atoms with Gasteiger partial charge in [-0.25, -0.2) is 4.39 Å². The number of benzene rings is 1. The molecule has 17 heavy (non-hydrogen) atoms. The fourth-order valence-electron chi connectivity index (χ4n) is 1.50. The number of hydrogen-bond acceptors (Lipinski definition) is 6. The molecule has 0 bridgehead atoms. The highest BCUT2D eigenvalue weighted by molar-refractivity contribution is 6.02. The Balaban J connectivity index is 2.15. The van der Waals surface area contributed by atoms with Crippen molar-refractivity contribution in [2.45, 2.75) is 12.6 Å². The highest BCUT2D eigenvalue weighted by atomic mass is 19.1. The Morgan fingerprint density at radius 3 is 2.94 bits per heavy atom. The summed E-state index contributed by atoms with van der Waals surface area (Å²) in [6.07, 6.45) is 0. The lowest BCUT2D eigenvalue weighted by atomic mass is 10.2. The Hall–Kier alpha value is -2.15. The molecule has 0 fully saturated rings. The second-order valence-corrected chi connectivity index (χ2v) is 3.49. The van der Waals surface area contributed by atoms with Crippen LogP contribution in [0.15, 0.2) is 29.4 Å². The highest BCUT2D eigenvalue weighted by Gasteiger charge is 2.32. The molecule has 1 heterocycles. The maximum Gasteiger partial charge on any atom is 0.168 e. The van der Waals surface area contributed by atoms with Gasteiger partial charge in [0.2, 0.25) is 0 Å². The van der Waals surface area contributed by atoms with Crippen LogP contribution in [0.2, 0.25) is 0 Å². The molecule has 1 unspecified atom stereocenters. The van der Waals surface area contributed by atoms with E-state index in [2.05, 4.69) is 5.16 Å². The van der Waals surface area contributed by atoms with Gasteiger partial charge in [-0.2, -0.15) is 0 Å². The number of carbonyl (C=O) groups excluding carboxylic acids is 1. The number of rotatable bonds is 3. The van der Waals surface area contributed by atoms with Crippen molar-refractivity contribution in [3.8, 4) is 0 Å². The van der Waals surface area contributed by atoms with E-state index in [1.807, 2.05) is 0 Å². The third-order valence-corrected chi connectivity index (χ3v) is 2.33. The van der Waals surface area contributed by atoms with Gasteiger partial charge >= 0.3 is 0 Å². The first-order valence-electron chi connectivity index (χ1n) is 4.81. The molecule has 0 aromatic heterocycles. The minimum absolute atomic E-state index is 0.0878. The molecule has 0 saturated carbocycles. The number of oxime groups is 1. The van der Waals surface area contributed by atoms with Gasteiger partial charge in [0.05, 0.1) is 12.5 Å². The van der Waals surface area contributed by atoms with E-state index < -0.39 is 17.8 Å². The van der Waals surface area contributed by atoms with Gasteiger partial charge in [0.15, 0.2) is 5.84 Å². The first-order chi connectivity index (χ1) is 8.09. The van der Waals surface area contributed by atoms with Crippen molar-refractivity contribution in [2.75, 3.05) is 0 Å². The van der Waals surface area contributed by atoms with Crippen molar-refractivity contribution in [1.29, 1.82) is 0 Å². The molecule has 0 spiro atoms. The first kappa shape index (κ1) is 11.3. The molecule has 1 aliphatic rings. The largest absolute Gasteiger partial charge is 0.548 e. The standard InChI is InChI=1S/C10H10FN3O3/c11-7-4-2-1-3-6(7)5-14-8(10(15)16)9(12)13-17-14/h1-4,8H,5H2,(H2,12,13)(H,15,16)/p-1. The van der Waals surface area contributed by atoms with Crippen molar-refractivity contribution in [1.82, 2.24) is 5.06 Å². The van der Waals surface area contributed by atoms with E-state index in [4.69, 9.17) is 10.7 Å². The van der Waals surface area contributed by atoms with Crippen molar-refractivity contribution in [2.24, 2.45) is 10.9 Å². The smallest absolute Gasteiger partial charge is 0.168 e. The Morgan fingerprint density at radius 2 is 2.29 bits per heavy atom. The summed E-state index contributed by atoms with van der Waals surface area (Å²) in [5.74, 6) is -2.12. The molecule has 0 saturated heterocycles. The van der Waals surface area contributed by atoms with Gasteiger partial charge in [-0.3, -0.25) is 4.94 Å². The van der Waals surface area contributed by atoms with Crippen LogP contribution in [0.3, 0.4) is 0 Å². The molecule has 2 rings (SSSR count). The van der Waals surface area contributed by atoms with E-state index in [0.717, 1.165) is 5.06 Å². The van der Waals surface area contributed by atoms with E-state index in [0.29, 0.717) is 0 Å². The van der Waals surface area contributed by atoms with E-state index in [1.54, 1.807) is 6.07 Å². The molecule has 0 radical (unpaired) electrons. The summed E-state index contributed by atoms with van der Waals surface area (Å²) < 4.78 is 13.4. The Bertz CT molecular complexity index is 478. The van der Waals surface area contributed by atoms with Gasteiger partial charge in [0.1, 0.15) is 11.9 Å². The third-order valence-electron chi connectivity index (χ3n) is 2.33. The first-order valence-corrected chi connectivity index (χ1v) is 4.81. The van der Waals surface area contributed by atoms with Crippen LogP contribution < -0.4 is 10.8 Å². The Morgan fingerprint density at radius 1 is 1.59 bits per heavy atom. The average Bonchev–Trinajstić information content (AvgIpc) is 2.63. The normalized spacial score (nSPS) is 19.8. The van der Waals surface area contributed by atoms with Crippen LogP contribution in [0.1, 0.15) is 5.56 Å². The van der Waals surface area contributed by atoms with Crippen LogP contribution in [-0.4, -0.2) is 22.9 Å². The quantitative estimate of drug-likeness (QED) is 0.726. The molecule has 90 valence electrons. The number of carboxylic acids is 1. The molecule has 0 aliphatic carbocycles. The summed E-state index contributed by atoms with van der Waals surface area (Å²) in [6.45, 7) is -0.0878.